The Hall–Kier alpha value is -3.38. The Labute approximate surface area is 290 Å². The minimum Gasteiger partial charge on any atom is -0.496 e. The monoisotopic (exact) mass is 664 g/mol. The molecule has 0 aromatic heterocycles. The number of rotatable bonds is 15. The van der Waals surface area contributed by atoms with Crippen LogP contribution in [-0.2, 0) is 28.4 Å². The molecule has 0 N–H and O–H groups in total. The molecule has 0 saturated carbocycles. The van der Waals surface area contributed by atoms with E-state index in [-0.39, 0.29) is 12.0 Å². The first-order valence-electron chi connectivity index (χ1n) is 17.8. The lowest BCUT2D eigenvalue weighted by molar-refractivity contribution is 0.0852. The van der Waals surface area contributed by atoms with Crippen molar-refractivity contribution in [1.29, 1.82) is 0 Å². The molecule has 5 rings (SSSR count). The van der Waals surface area contributed by atoms with Gasteiger partial charge in [0, 0.05) is 18.8 Å². The van der Waals surface area contributed by atoms with E-state index < -0.39 is 8.32 Å². The largest absolute Gasteiger partial charge is 0.496 e. The molecule has 48 heavy (non-hydrogen) atoms. The summed E-state index contributed by atoms with van der Waals surface area (Å²) < 4.78 is 26.0. The van der Waals surface area contributed by atoms with E-state index in [0.717, 1.165) is 37.4 Å². The Kier molecular flexibility index (Phi) is 12.2. The van der Waals surface area contributed by atoms with Crippen LogP contribution in [0.2, 0.25) is 16.6 Å². The van der Waals surface area contributed by atoms with Crippen LogP contribution in [0.3, 0.4) is 0 Å². The van der Waals surface area contributed by atoms with Crippen LogP contribution in [0.1, 0.15) is 81.0 Å². The molecule has 4 nitrogen and oxygen atoms in total. The van der Waals surface area contributed by atoms with E-state index in [2.05, 4.69) is 139 Å². The molecular weight excluding hydrogens is 609 g/mol. The third kappa shape index (κ3) is 8.07. The lowest BCUT2D eigenvalue weighted by Gasteiger charge is -2.46. The Morgan fingerprint density at radius 3 is 1.67 bits per heavy atom. The van der Waals surface area contributed by atoms with Gasteiger partial charge in [0.05, 0.1) is 33.5 Å². The van der Waals surface area contributed by atoms with E-state index in [0.29, 0.717) is 29.1 Å². The van der Waals surface area contributed by atoms with E-state index in [1.807, 2.05) is 0 Å². The SMILES string of the molecule is COc1cc(C[C@H]2COC[C@@H]2[C@H](O[Si](C(C)C)(C(C)C)C(C)C)c2ccc(Cc3ccccc3)c(OC)c2)ccc1Cc1ccccc1. The van der Waals surface area contributed by atoms with Crippen molar-refractivity contribution in [3.8, 4) is 11.5 Å². The molecular formula is C43H56O4Si. The van der Waals surface area contributed by atoms with Gasteiger partial charge in [-0.25, -0.2) is 0 Å². The number of hydrogen-bond acceptors (Lipinski definition) is 4. The van der Waals surface area contributed by atoms with Crippen molar-refractivity contribution < 1.29 is 18.6 Å². The van der Waals surface area contributed by atoms with Crippen molar-refractivity contribution in [2.75, 3.05) is 27.4 Å². The predicted molar refractivity (Wildman–Crippen MR) is 201 cm³/mol. The summed E-state index contributed by atoms with van der Waals surface area (Å²) in [6.07, 6.45) is 2.50. The molecule has 0 amide bonds. The second-order valence-electron chi connectivity index (χ2n) is 14.6. The highest BCUT2D eigenvalue weighted by molar-refractivity contribution is 6.77. The third-order valence-corrected chi connectivity index (χ3v) is 16.7. The quantitative estimate of drug-likeness (QED) is 0.119. The van der Waals surface area contributed by atoms with E-state index >= 15 is 0 Å². The molecule has 1 aliphatic rings. The molecule has 1 heterocycles. The zero-order valence-electron chi connectivity index (χ0n) is 30.4. The molecule has 3 atom stereocenters. The maximum absolute atomic E-state index is 7.73. The first-order chi connectivity index (χ1) is 23.2. The summed E-state index contributed by atoms with van der Waals surface area (Å²) in [6, 6.07) is 34.8. The third-order valence-electron chi connectivity index (χ3n) is 10.6. The molecule has 0 spiro atoms. The molecule has 4 aromatic rings. The van der Waals surface area contributed by atoms with E-state index in [9.17, 15) is 0 Å². The zero-order valence-corrected chi connectivity index (χ0v) is 31.4. The Morgan fingerprint density at radius 1 is 0.625 bits per heavy atom. The Balaban J connectivity index is 1.49. The first kappa shape index (κ1) is 35.9. The number of ether oxygens (including phenoxy) is 3. The second kappa shape index (κ2) is 16.3. The molecule has 0 aliphatic carbocycles. The first-order valence-corrected chi connectivity index (χ1v) is 20.0. The molecule has 4 aromatic carbocycles. The Morgan fingerprint density at radius 2 is 1.15 bits per heavy atom. The number of methoxy groups -OCH3 is 2. The second-order valence-corrected chi connectivity index (χ2v) is 20.0. The Bertz CT molecular complexity index is 1560. The molecule has 5 heteroatoms. The molecule has 1 fully saturated rings. The van der Waals surface area contributed by atoms with Gasteiger partial charge in [0.25, 0.3) is 0 Å². The molecule has 256 valence electrons. The van der Waals surface area contributed by atoms with E-state index in [1.54, 1.807) is 14.2 Å². The van der Waals surface area contributed by atoms with Crippen LogP contribution in [0.5, 0.6) is 11.5 Å². The maximum Gasteiger partial charge on any atom is 0.201 e. The maximum atomic E-state index is 7.73. The highest BCUT2D eigenvalue weighted by Gasteiger charge is 2.49. The van der Waals surface area contributed by atoms with E-state index in [1.165, 1.54) is 33.4 Å². The number of benzene rings is 4. The fraction of sp³-hybridized carbons (Fsp3) is 0.442. The predicted octanol–water partition coefficient (Wildman–Crippen LogP) is 10.6. The summed E-state index contributed by atoms with van der Waals surface area (Å²) in [4.78, 5) is 0. The van der Waals surface area contributed by atoms with Crippen LogP contribution in [0.15, 0.2) is 97.1 Å². The van der Waals surface area contributed by atoms with Gasteiger partial charge in [-0.3, -0.25) is 0 Å². The van der Waals surface area contributed by atoms with Crippen LogP contribution < -0.4 is 9.47 Å². The van der Waals surface area contributed by atoms with Gasteiger partial charge in [-0.15, -0.1) is 0 Å². The summed E-state index contributed by atoms with van der Waals surface area (Å²) in [6.45, 7) is 15.7. The average Bonchev–Trinajstić information content (AvgIpc) is 3.54. The fourth-order valence-corrected chi connectivity index (χ4v) is 13.8. The van der Waals surface area contributed by atoms with Gasteiger partial charge in [-0.2, -0.15) is 0 Å². The van der Waals surface area contributed by atoms with Crippen molar-refractivity contribution in [2.45, 2.75) is 83.5 Å². The molecule has 0 radical (unpaired) electrons. The average molecular weight is 665 g/mol. The van der Waals surface area contributed by atoms with Gasteiger partial charge in [0.2, 0.25) is 8.32 Å². The molecule has 0 bridgehead atoms. The van der Waals surface area contributed by atoms with Gasteiger partial charge >= 0.3 is 0 Å². The van der Waals surface area contributed by atoms with Crippen molar-refractivity contribution in [3.05, 3.63) is 130 Å². The summed E-state index contributed by atoms with van der Waals surface area (Å²) in [5, 5.41) is 0. The number of hydrogen-bond donors (Lipinski definition) is 0. The molecule has 1 saturated heterocycles. The van der Waals surface area contributed by atoms with Crippen molar-refractivity contribution in [1.82, 2.24) is 0 Å². The minimum absolute atomic E-state index is 0.0877. The van der Waals surface area contributed by atoms with Crippen LogP contribution in [0, 0.1) is 11.8 Å². The molecule has 0 unspecified atom stereocenters. The lowest BCUT2D eigenvalue weighted by Crippen LogP contribution is -2.50. The fourth-order valence-electron chi connectivity index (χ4n) is 8.27. The smallest absolute Gasteiger partial charge is 0.201 e. The normalized spacial score (nSPS) is 17.3. The standard InChI is InChI=1S/C43H56O4Si/c1-30(2)48(31(3)4,32(5)6)47-43(38-22-21-37(42(27-38)45-8)24-34-17-13-10-14-18-34)40-29-46-28-39(40)25-35-19-20-36(41(26-35)44-7)23-33-15-11-9-12-16-33/h9-22,26-27,30-32,39-40,43H,23-25,28-29H2,1-8H3/t39-,40-,43+/m0/s1. The highest BCUT2D eigenvalue weighted by atomic mass is 28.4. The minimum atomic E-state index is -2.24. The zero-order chi connectivity index (χ0) is 34.3. The van der Waals surface area contributed by atoms with Gasteiger partial charge < -0.3 is 18.6 Å². The summed E-state index contributed by atoms with van der Waals surface area (Å²) in [7, 11) is 1.33. The van der Waals surface area contributed by atoms with Crippen LogP contribution in [0.25, 0.3) is 0 Å². The van der Waals surface area contributed by atoms with Gasteiger partial charge in [-0.1, -0.05) is 126 Å². The highest BCUT2D eigenvalue weighted by Crippen LogP contribution is 2.49. The van der Waals surface area contributed by atoms with Crippen LogP contribution in [0.4, 0.5) is 0 Å². The van der Waals surface area contributed by atoms with Gasteiger partial charge in [0.15, 0.2) is 0 Å². The van der Waals surface area contributed by atoms with Crippen LogP contribution in [-0.4, -0.2) is 35.8 Å². The summed E-state index contributed by atoms with van der Waals surface area (Å²) >= 11 is 0. The molecule has 1 aliphatic heterocycles. The van der Waals surface area contributed by atoms with Crippen LogP contribution >= 0.6 is 0 Å². The van der Waals surface area contributed by atoms with Crippen molar-refractivity contribution in [2.24, 2.45) is 11.8 Å². The van der Waals surface area contributed by atoms with Crippen molar-refractivity contribution >= 4 is 8.32 Å². The van der Waals surface area contributed by atoms with Crippen molar-refractivity contribution in [3.63, 3.8) is 0 Å². The van der Waals surface area contributed by atoms with Gasteiger partial charge in [0.1, 0.15) is 11.5 Å². The summed E-state index contributed by atoms with van der Waals surface area (Å²) in [5.41, 5.74) is 8.84. The topological polar surface area (TPSA) is 36.9 Å². The summed E-state index contributed by atoms with van der Waals surface area (Å²) in [5.74, 6) is 2.40. The van der Waals surface area contributed by atoms with E-state index in [4.69, 9.17) is 18.6 Å². The van der Waals surface area contributed by atoms with Gasteiger partial charge in [-0.05, 0) is 74.5 Å². The lowest BCUT2D eigenvalue weighted by atomic mass is 9.83.